The van der Waals surface area contributed by atoms with Crippen molar-refractivity contribution in [2.24, 2.45) is 0 Å². The van der Waals surface area contributed by atoms with Crippen LogP contribution in [0, 0.1) is 6.92 Å². The number of nitrogens with zero attached hydrogens (tertiary/aromatic N) is 4. The second-order valence-electron chi connectivity index (χ2n) is 4.40. The van der Waals surface area contributed by atoms with E-state index in [1.165, 1.54) is 0 Å². The van der Waals surface area contributed by atoms with Crippen molar-refractivity contribution in [3.05, 3.63) is 18.3 Å². The van der Waals surface area contributed by atoms with Gasteiger partial charge in [-0.2, -0.15) is 0 Å². The van der Waals surface area contributed by atoms with Crippen LogP contribution >= 0.6 is 0 Å². The van der Waals surface area contributed by atoms with Crippen LogP contribution in [0.1, 0.15) is 5.82 Å². The summed E-state index contributed by atoms with van der Waals surface area (Å²) in [4.78, 5) is 12.6. The molecule has 0 radical (unpaired) electrons. The molecule has 5 heteroatoms. The monoisotopic (exact) mass is 206 g/mol. The largest absolute Gasteiger partial charge is 0.354 e. The first-order chi connectivity index (χ1) is 6.50. The number of rotatable bonds is 1. The summed E-state index contributed by atoms with van der Waals surface area (Å²) >= 11 is 0. The quantitative estimate of drug-likeness (QED) is 0.668. The van der Waals surface area contributed by atoms with E-state index < -0.39 is 8.24 Å². The highest BCUT2D eigenvalue weighted by Gasteiger charge is 2.21. The Balaban J connectivity index is 2.81. The van der Waals surface area contributed by atoms with Crippen LogP contribution in [0.4, 0.5) is 0 Å². The zero-order chi connectivity index (χ0) is 10.3. The Morgan fingerprint density at radius 1 is 1.29 bits per heavy atom. The van der Waals surface area contributed by atoms with Gasteiger partial charge in [-0.15, -0.1) is 0 Å². The van der Waals surface area contributed by atoms with Gasteiger partial charge in [0, 0.05) is 0 Å². The molecule has 0 unspecified atom stereocenters. The van der Waals surface area contributed by atoms with Crippen molar-refractivity contribution in [1.29, 1.82) is 0 Å². The second-order valence-corrected chi connectivity index (χ2v) is 9.19. The molecule has 0 N–H and O–H groups in total. The summed E-state index contributed by atoms with van der Waals surface area (Å²) in [5, 5.41) is 0. The second kappa shape index (κ2) is 2.88. The van der Waals surface area contributed by atoms with E-state index in [2.05, 4.69) is 38.8 Å². The van der Waals surface area contributed by atoms with Gasteiger partial charge in [0.05, 0.1) is 11.7 Å². The predicted octanol–water partition coefficient (Wildman–Crippen LogP) is 1.82. The third-order valence-corrected chi connectivity index (χ3v) is 4.08. The van der Waals surface area contributed by atoms with Crippen LogP contribution in [0.3, 0.4) is 0 Å². The Labute approximate surface area is 84.1 Å². The average Bonchev–Trinajstić information content (AvgIpc) is 2.38. The van der Waals surface area contributed by atoms with E-state index >= 15 is 0 Å². The lowest BCUT2D eigenvalue weighted by atomic mass is 10.6. The summed E-state index contributed by atoms with van der Waals surface area (Å²) in [5.74, 6) is 1.04. The molecule has 2 rings (SSSR count). The van der Waals surface area contributed by atoms with Crippen molar-refractivity contribution >= 4 is 19.4 Å². The summed E-state index contributed by atoms with van der Waals surface area (Å²) in [7, 11) is -1.42. The van der Waals surface area contributed by atoms with Crippen molar-refractivity contribution in [2.75, 3.05) is 0 Å². The molecular weight excluding hydrogens is 192 g/mol. The summed E-state index contributed by atoms with van der Waals surface area (Å²) in [6.45, 7) is 8.89. The minimum Gasteiger partial charge on any atom is -0.354 e. The van der Waals surface area contributed by atoms with Crippen molar-refractivity contribution in [3.63, 3.8) is 0 Å². The van der Waals surface area contributed by atoms with Crippen LogP contribution in [0.5, 0.6) is 0 Å². The Kier molecular flexibility index (Phi) is 1.92. The number of imidazole rings is 1. The first kappa shape index (κ1) is 9.33. The Bertz CT molecular complexity index is 469. The highest BCUT2D eigenvalue weighted by atomic mass is 28.3. The molecule has 0 saturated heterocycles. The number of hydrogen-bond acceptors (Lipinski definition) is 3. The van der Waals surface area contributed by atoms with Gasteiger partial charge in [-0.25, -0.2) is 15.0 Å². The lowest BCUT2D eigenvalue weighted by Gasteiger charge is -2.20. The zero-order valence-corrected chi connectivity index (χ0v) is 9.94. The fourth-order valence-electron chi connectivity index (χ4n) is 1.78. The van der Waals surface area contributed by atoms with Gasteiger partial charge in [-0.3, -0.25) is 0 Å². The van der Waals surface area contributed by atoms with E-state index in [-0.39, 0.29) is 0 Å². The lowest BCUT2D eigenvalue weighted by Crippen LogP contribution is -2.32. The van der Waals surface area contributed by atoms with Crippen molar-refractivity contribution in [1.82, 2.24) is 19.2 Å². The topological polar surface area (TPSA) is 43.6 Å². The first-order valence-corrected chi connectivity index (χ1v) is 8.10. The number of aromatic nitrogens is 4. The van der Waals surface area contributed by atoms with E-state index in [0.29, 0.717) is 0 Å². The maximum Gasteiger partial charge on any atom is 0.180 e. The van der Waals surface area contributed by atoms with Gasteiger partial charge in [0.15, 0.2) is 13.9 Å². The summed E-state index contributed by atoms with van der Waals surface area (Å²) in [6, 6.07) is 0. The van der Waals surface area contributed by atoms with Gasteiger partial charge in [0.1, 0.15) is 12.2 Å². The standard InChI is InChI=1S/C9H14N4Si/c1-7-12-9-8(5-10-6-11-9)13(7)14(2,3)4/h5-6H,1-4H3. The number of fused-ring (bicyclic) bond motifs is 1. The predicted molar refractivity (Wildman–Crippen MR) is 58.8 cm³/mol. The van der Waals surface area contributed by atoms with Gasteiger partial charge in [-0.1, -0.05) is 19.6 Å². The van der Waals surface area contributed by atoms with Gasteiger partial charge < -0.3 is 4.23 Å². The molecule has 74 valence electrons. The van der Waals surface area contributed by atoms with E-state index in [9.17, 15) is 0 Å². The van der Waals surface area contributed by atoms with Crippen LogP contribution < -0.4 is 0 Å². The van der Waals surface area contributed by atoms with E-state index in [1.54, 1.807) is 6.33 Å². The van der Waals surface area contributed by atoms with Crippen molar-refractivity contribution < 1.29 is 0 Å². The smallest absolute Gasteiger partial charge is 0.180 e. The molecular formula is C9H14N4Si. The first-order valence-electron chi connectivity index (χ1n) is 4.65. The molecule has 4 nitrogen and oxygen atoms in total. The SMILES string of the molecule is Cc1nc2ncncc2n1[Si](C)(C)C. The molecule has 0 fully saturated rings. The van der Waals surface area contributed by atoms with Crippen LogP contribution in [0.15, 0.2) is 12.5 Å². The molecule has 0 aliphatic rings. The minimum atomic E-state index is -1.42. The summed E-state index contributed by atoms with van der Waals surface area (Å²) in [5.41, 5.74) is 1.86. The molecule has 0 aliphatic heterocycles. The fourth-order valence-corrected chi connectivity index (χ4v) is 3.69. The normalized spacial score (nSPS) is 12.3. The molecule has 2 aromatic heterocycles. The molecule has 0 aliphatic carbocycles. The van der Waals surface area contributed by atoms with Crippen LogP contribution in [-0.2, 0) is 0 Å². The molecule has 0 saturated carbocycles. The molecule has 2 heterocycles. The molecule has 0 spiro atoms. The molecule has 0 amide bonds. The minimum absolute atomic E-state index is 0.805. The fraction of sp³-hybridized carbons (Fsp3) is 0.444. The van der Waals surface area contributed by atoms with Crippen molar-refractivity contribution in [3.8, 4) is 0 Å². The van der Waals surface area contributed by atoms with Gasteiger partial charge in [0.25, 0.3) is 0 Å². The third kappa shape index (κ3) is 1.33. The van der Waals surface area contributed by atoms with E-state index in [4.69, 9.17) is 0 Å². The molecule has 14 heavy (non-hydrogen) atoms. The summed E-state index contributed by atoms with van der Waals surface area (Å²) in [6.07, 6.45) is 3.39. The average molecular weight is 206 g/mol. The van der Waals surface area contributed by atoms with Gasteiger partial charge >= 0.3 is 0 Å². The molecule has 0 bridgehead atoms. The zero-order valence-electron chi connectivity index (χ0n) is 8.94. The number of hydrogen-bond donors (Lipinski definition) is 0. The molecule has 2 aromatic rings. The lowest BCUT2D eigenvalue weighted by molar-refractivity contribution is 1.05. The highest BCUT2D eigenvalue weighted by Crippen LogP contribution is 2.18. The van der Waals surface area contributed by atoms with Gasteiger partial charge in [-0.05, 0) is 6.92 Å². The Hall–Kier alpha value is -1.23. The maximum absolute atomic E-state index is 4.43. The molecule has 0 aromatic carbocycles. The Morgan fingerprint density at radius 2 is 2.00 bits per heavy atom. The van der Waals surface area contributed by atoms with Crippen LogP contribution in [0.25, 0.3) is 11.2 Å². The van der Waals surface area contributed by atoms with Crippen LogP contribution in [0.2, 0.25) is 19.6 Å². The van der Waals surface area contributed by atoms with Gasteiger partial charge in [0.2, 0.25) is 0 Å². The van der Waals surface area contributed by atoms with E-state index in [1.807, 2.05) is 13.1 Å². The summed E-state index contributed by atoms with van der Waals surface area (Å²) < 4.78 is 2.29. The highest BCUT2D eigenvalue weighted by molar-refractivity contribution is 6.75. The third-order valence-electron chi connectivity index (χ3n) is 2.18. The Morgan fingerprint density at radius 3 is 2.64 bits per heavy atom. The maximum atomic E-state index is 4.43. The van der Waals surface area contributed by atoms with Crippen LogP contribution in [-0.4, -0.2) is 27.4 Å². The molecule has 0 atom stereocenters. The van der Waals surface area contributed by atoms with E-state index in [0.717, 1.165) is 17.0 Å². The number of aryl methyl sites for hydroxylation is 1. The van der Waals surface area contributed by atoms with Crippen molar-refractivity contribution in [2.45, 2.75) is 26.6 Å².